The third kappa shape index (κ3) is 3.82. The monoisotopic (exact) mass is 399 g/mol. The van der Waals surface area contributed by atoms with Crippen molar-refractivity contribution >= 4 is 28.3 Å². The number of hydrogen-bond donors (Lipinski definition) is 1. The molecule has 0 saturated carbocycles. The van der Waals surface area contributed by atoms with Crippen molar-refractivity contribution in [1.29, 1.82) is 0 Å². The minimum Gasteiger partial charge on any atom is -0.494 e. The molecule has 1 amide bonds. The number of para-hydroxylation sites is 1. The normalized spacial score (nSPS) is 10.7. The number of fused-ring (bicyclic) bond motifs is 1. The predicted octanol–water partition coefficient (Wildman–Crippen LogP) is 5.62. The summed E-state index contributed by atoms with van der Waals surface area (Å²) in [4.78, 5) is 26.1. The molecule has 150 valence electrons. The zero-order valence-corrected chi connectivity index (χ0v) is 16.8. The number of hydrogen-bond acceptors (Lipinski definition) is 4. The fourth-order valence-corrected chi connectivity index (χ4v) is 3.24. The SMILES string of the molecule is CCOc1cccc(C(=O)Nc2c(C(=O)c3ccc(C)cc3)oc3ccccc23)c1. The van der Waals surface area contributed by atoms with E-state index in [4.69, 9.17) is 9.15 Å². The van der Waals surface area contributed by atoms with Gasteiger partial charge in [0.1, 0.15) is 11.3 Å². The maximum Gasteiger partial charge on any atom is 0.255 e. The van der Waals surface area contributed by atoms with Crippen LogP contribution in [0.2, 0.25) is 0 Å². The van der Waals surface area contributed by atoms with Crippen LogP contribution in [0, 0.1) is 6.92 Å². The summed E-state index contributed by atoms with van der Waals surface area (Å²) < 4.78 is 11.3. The standard InChI is InChI=1S/C25H21NO4/c1-3-29-19-8-6-7-18(15-19)25(28)26-22-20-9-4-5-10-21(20)30-24(22)23(27)17-13-11-16(2)12-14-17/h4-15H,3H2,1-2H3,(H,26,28). The van der Waals surface area contributed by atoms with Gasteiger partial charge in [-0.05, 0) is 44.2 Å². The van der Waals surface area contributed by atoms with Crippen LogP contribution in [0.3, 0.4) is 0 Å². The second-order valence-electron chi connectivity index (χ2n) is 6.91. The molecule has 0 aliphatic carbocycles. The van der Waals surface area contributed by atoms with Crippen molar-refractivity contribution in [2.24, 2.45) is 0 Å². The maximum atomic E-state index is 13.1. The Morgan fingerprint density at radius 1 is 0.933 bits per heavy atom. The highest BCUT2D eigenvalue weighted by molar-refractivity contribution is 6.18. The van der Waals surface area contributed by atoms with Gasteiger partial charge in [-0.1, -0.05) is 48.0 Å². The molecule has 5 heteroatoms. The molecule has 0 aliphatic heterocycles. The van der Waals surface area contributed by atoms with Crippen molar-refractivity contribution in [2.45, 2.75) is 13.8 Å². The zero-order valence-electron chi connectivity index (χ0n) is 16.8. The van der Waals surface area contributed by atoms with Crippen LogP contribution in [0.1, 0.15) is 39.0 Å². The molecule has 0 spiro atoms. The van der Waals surface area contributed by atoms with Gasteiger partial charge in [0.25, 0.3) is 5.91 Å². The average molecular weight is 399 g/mol. The van der Waals surface area contributed by atoms with E-state index in [0.29, 0.717) is 40.1 Å². The predicted molar refractivity (Wildman–Crippen MR) is 116 cm³/mol. The van der Waals surface area contributed by atoms with E-state index in [1.165, 1.54) is 0 Å². The first-order valence-electron chi connectivity index (χ1n) is 9.74. The van der Waals surface area contributed by atoms with Crippen LogP contribution in [-0.2, 0) is 0 Å². The summed E-state index contributed by atoms with van der Waals surface area (Å²) in [6.07, 6.45) is 0. The van der Waals surface area contributed by atoms with E-state index in [1.54, 1.807) is 42.5 Å². The maximum absolute atomic E-state index is 13.1. The molecule has 1 aromatic heterocycles. The van der Waals surface area contributed by atoms with E-state index in [1.807, 2.05) is 44.2 Å². The molecule has 0 fully saturated rings. The fourth-order valence-electron chi connectivity index (χ4n) is 3.24. The lowest BCUT2D eigenvalue weighted by molar-refractivity contribution is 0.101. The molecule has 0 unspecified atom stereocenters. The molecule has 0 radical (unpaired) electrons. The van der Waals surface area contributed by atoms with Gasteiger partial charge in [-0.25, -0.2) is 0 Å². The van der Waals surface area contributed by atoms with Gasteiger partial charge >= 0.3 is 0 Å². The van der Waals surface area contributed by atoms with Crippen LogP contribution in [-0.4, -0.2) is 18.3 Å². The summed E-state index contributed by atoms with van der Waals surface area (Å²) in [6, 6.07) is 21.4. The number of rotatable bonds is 6. The van der Waals surface area contributed by atoms with E-state index in [0.717, 1.165) is 5.56 Å². The van der Waals surface area contributed by atoms with Gasteiger partial charge in [-0.15, -0.1) is 0 Å². The van der Waals surface area contributed by atoms with Crippen LogP contribution in [0.15, 0.2) is 77.2 Å². The van der Waals surface area contributed by atoms with Crippen LogP contribution >= 0.6 is 0 Å². The lowest BCUT2D eigenvalue weighted by Crippen LogP contribution is -2.14. The number of ether oxygens (including phenoxy) is 1. The smallest absolute Gasteiger partial charge is 0.255 e. The largest absolute Gasteiger partial charge is 0.494 e. The Morgan fingerprint density at radius 2 is 1.70 bits per heavy atom. The van der Waals surface area contributed by atoms with E-state index in [9.17, 15) is 9.59 Å². The molecule has 0 bridgehead atoms. The Bertz CT molecular complexity index is 1220. The second-order valence-corrected chi connectivity index (χ2v) is 6.91. The Hall–Kier alpha value is -3.86. The van der Waals surface area contributed by atoms with Gasteiger partial charge in [0, 0.05) is 16.5 Å². The summed E-state index contributed by atoms with van der Waals surface area (Å²) in [5.41, 5.74) is 2.88. The van der Waals surface area contributed by atoms with E-state index in [2.05, 4.69) is 5.32 Å². The topological polar surface area (TPSA) is 68.5 Å². The number of amides is 1. The van der Waals surface area contributed by atoms with Gasteiger partial charge < -0.3 is 14.5 Å². The molecule has 0 aliphatic rings. The van der Waals surface area contributed by atoms with Gasteiger partial charge in [-0.2, -0.15) is 0 Å². The van der Waals surface area contributed by atoms with Gasteiger partial charge in [0.05, 0.1) is 12.3 Å². The number of nitrogens with one attached hydrogen (secondary N) is 1. The second kappa shape index (κ2) is 8.25. The summed E-state index contributed by atoms with van der Waals surface area (Å²) in [5.74, 6) is 0.0816. The Balaban J connectivity index is 1.73. The van der Waals surface area contributed by atoms with Crippen LogP contribution < -0.4 is 10.1 Å². The minimum absolute atomic E-state index is 0.106. The molecule has 4 aromatic rings. The van der Waals surface area contributed by atoms with Crippen molar-refractivity contribution in [1.82, 2.24) is 0 Å². The van der Waals surface area contributed by atoms with Crippen LogP contribution in [0.5, 0.6) is 5.75 Å². The molecule has 3 aromatic carbocycles. The molecular weight excluding hydrogens is 378 g/mol. The molecule has 1 N–H and O–H groups in total. The van der Waals surface area contributed by atoms with Gasteiger partial charge in [0.15, 0.2) is 5.76 Å². The summed E-state index contributed by atoms with van der Waals surface area (Å²) in [5, 5.41) is 3.54. The Morgan fingerprint density at radius 3 is 2.47 bits per heavy atom. The number of aryl methyl sites for hydroxylation is 1. The number of anilines is 1. The molecule has 5 nitrogen and oxygen atoms in total. The van der Waals surface area contributed by atoms with Crippen molar-refractivity contribution in [3.05, 3.63) is 95.2 Å². The number of benzene rings is 3. The number of carbonyl (C=O) groups excluding carboxylic acids is 2. The summed E-state index contributed by atoms with van der Waals surface area (Å²) >= 11 is 0. The lowest BCUT2D eigenvalue weighted by atomic mass is 10.1. The first-order valence-corrected chi connectivity index (χ1v) is 9.74. The van der Waals surface area contributed by atoms with Gasteiger partial charge in [0.2, 0.25) is 5.78 Å². The summed E-state index contributed by atoms with van der Waals surface area (Å²) in [6.45, 7) is 4.34. The quantitative estimate of drug-likeness (QED) is 0.427. The fraction of sp³-hybridized carbons (Fsp3) is 0.120. The third-order valence-electron chi connectivity index (χ3n) is 4.76. The third-order valence-corrected chi connectivity index (χ3v) is 4.76. The molecule has 1 heterocycles. The lowest BCUT2D eigenvalue weighted by Gasteiger charge is -2.08. The molecule has 0 saturated heterocycles. The van der Waals surface area contributed by atoms with Crippen molar-refractivity contribution < 1.29 is 18.7 Å². The Labute approximate surface area is 174 Å². The van der Waals surface area contributed by atoms with Crippen LogP contribution in [0.4, 0.5) is 5.69 Å². The first kappa shape index (κ1) is 19.5. The van der Waals surface area contributed by atoms with Crippen LogP contribution in [0.25, 0.3) is 11.0 Å². The van der Waals surface area contributed by atoms with Crippen molar-refractivity contribution in [3.63, 3.8) is 0 Å². The highest BCUT2D eigenvalue weighted by Gasteiger charge is 2.23. The highest BCUT2D eigenvalue weighted by Crippen LogP contribution is 2.33. The van der Waals surface area contributed by atoms with E-state index < -0.39 is 0 Å². The van der Waals surface area contributed by atoms with E-state index >= 15 is 0 Å². The number of ketones is 1. The first-order chi connectivity index (χ1) is 14.6. The number of carbonyl (C=O) groups is 2. The average Bonchev–Trinajstić information content (AvgIpc) is 3.12. The Kier molecular flexibility index (Phi) is 5.35. The molecular formula is C25H21NO4. The minimum atomic E-state index is -0.346. The zero-order chi connectivity index (χ0) is 21.1. The van der Waals surface area contributed by atoms with Crippen molar-refractivity contribution in [2.75, 3.05) is 11.9 Å². The highest BCUT2D eigenvalue weighted by atomic mass is 16.5. The number of furan rings is 1. The summed E-state index contributed by atoms with van der Waals surface area (Å²) in [7, 11) is 0. The van der Waals surface area contributed by atoms with Gasteiger partial charge in [-0.3, -0.25) is 9.59 Å². The van der Waals surface area contributed by atoms with E-state index in [-0.39, 0.29) is 17.5 Å². The molecule has 4 rings (SSSR count). The molecule has 30 heavy (non-hydrogen) atoms. The van der Waals surface area contributed by atoms with Crippen molar-refractivity contribution in [3.8, 4) is 5.75 Å². The molecule has 0 atom stereocenters.